The highest BCUT2D eigenvalue weighted by Crippen LogP contribution is 2.26. The quantitative estimate of drug-likeness (QED) is 0.874. The number of halogens is 1. The summed E-state index contributed by atoms with van der Waals surface area (Å²) in [5.74, 6) is -1.61. The van der Waals surface area contributed by atoms with Crippen molar-refractivity contribution in [2.75, 3.05) is 5.32 Å². The molecule has 1 amide bonds. The Morgan fingerprint density at radius 3 is 2.86 bits per heavy atom. The van der Waals surface area contributed by atoms with E-state index in [0.29, 0.717) is 21.4 Å². The molecule has 22 heavy (non-hydrogen) atoms. The van der Waals surface area contributed by atoms with Gasteiger partial charge in [-0.05, 0) is 31.5 Å². The third-order valence-electron chi connectivity index (χ3n) is 3.19. The van der Waals surface area contributed by atoms with Crippen molar-refractivity contribution in [1.29, 1.82) is 0 Å². The van der Waals surface area contributed by atoms with E-state index in [-0.39, 0.29) is 12.3 Å². The summed E-state index contributed by atoms with van der Waals surface area (Å²) in [5.41, 5.74) is 1.92. The number of amides is 1. The van der Waals surface area contributed by atoms with Gasteiger partial charge < -0.3 is 10.4 Å². The van der Waals surface area contributed by atoms with Gasteiger partial charge in [0, 0.05) is 16.1 Å². The predicted octanol–water partition coefficient (Wildman–Crippen LogP) is 3.47. The molecule has 0 fully saturated rings. The first-order chi connectivity index (χ1) is 10.4. The molecule has 1 heterocycles. The molecule has 5 nitrogen and oxygen atoms in total. The Morgan fingerprint density at radius 1 is 1.45 bits per heavy atom. The van der Waals surface area contributed by atoms with Crippen LogP contribution in [0.15, 0.2) is 23.6 Å². The summed E-state index contributed by atoms with van der Waals surface area (Å²) in [5, 5.41) is 14.4. The number of carbonyl (C=O) groups is 2. The van der Waals surface area contributed by atoms with Gasteiger partial charge in [0.05, 0.1) is 18.0 Å². The zero-order valence-electron chi connectivity index (χ0n) is 12.1. The van der Waals surface area contributed by atoms with Crippen LogP contribution in [0.2, 0.25) is 5.02 Å². The molecule has 1 unspecified atom stereocenters. The van der Waals surface area contributed by atoms with Crippen molar-refractivity contribution >= 4 is 40.5 Å². The first-order valence-corrected chi connectivity index (χ1v) is 7.86. The van der Waals surface area contributed by atoms with Crippen LogP contribution in [-0.2, 0) is 16.0 Å². The predicted molar refractivity (Wildman–Crippen MR) is 86.7 cm³/mol. The molecule has 1 aromatic carbocycles. The number of hydrogen-bond acceptors (Lipinski definition) is 4. The normalized spacial score (nSPS) is 12.0. The third-order valence-corrected chi connectivity index (χ3v) is 4.68. The number of carbonyl (C=O) groups excluding carboxylic acids is 1. The van der Waals surface area contributed by atoms with Gasteiger partial charge in [0.25, 0.3) is 0 Å². The first-order valence-electron chi connectivity index (χ1n) is 6.60. The number of anilines is 1. The van der Waals surface area contributed by atoms with Crippen LogP contribution in [0.5, 0.6) is 0 Å². The van der Waals surface area contributed by atoms with Gasteiger partial charge in [-0.15, -0.1) is 11.3 Å². The molecule has 0 bridgehead atoms. The molecular formula is C15H15ClN2O3S. The van der Waals surface area contributed by atoms with Crippen molar-refractivity contribution < 1.29 is 14.7 Å². The maximum atomic E-state index is 12.3. The Labute approximate surface area is 137 Å². The minimum atomic E-state index is -0.941. The van der Waals surface area contributed by atoms with Gasteiger partial charge in [0.15, 0.2) is 0 Å². The molecule has 2 rings (SSSR count). The number of benzene rings is 1. The lowest BCUT2D eigenvalue weighted by Gasteiger charge is -2.12. The summed E-state index contributed by atoms with van der Waals surface area (Å²) in [6.45, 7) is 3.57. The number of hydrogen-bond donors (Lipinski definition) is 2. The van der Waals surface area contributed by atoms with Gasteiger partial charge in [0.2, 0.25) is 5.91 Å². The molecule has 0 radical (unpaired) electrons. The number of carboxylic acids is 1. The van der Waals surface area contributed by atoms with Crippen molar-refractivity contribution in [3.63, 3.8) is 0 Å². The number of thiazole rings is 1. The fourth-order valence-electron chi connectivity index (χ4n) is 1.85. The van der Waals surface area contributed by atoms with E-state index in [1.54, 1.807) is 30.5 Å². The van der Waals surface area contributed by atoms with E-state index >= 15 is 0 Å². The number of aliphatic carboxylic acids is 1. The van der Waals surface area contributed by atoms with E-state index in [1.807, 2.05) is 6.92 Å². The number of aromatic nitrogens is 1. The zero-order valence-corrected chi connectivity index (χ0v) is 13.7. The Balaban J connectivity index is 2.10. The van der Waals surface area contributed by atoms with Gasteiger partial charge in [-0.25, -0.2) is 4.98 Å². The number of rotatable bonds is 5. The van der Waals surface area contributed by atoms with Crippen LogP contribution in [-0.4, -0.2) is 22.0 Å². The Morgan fingerprint density at radius 2 is 2.18 bits per heavy atom. The summed E-state index contributed by atoms with van der Waals surface area (Å²) in [6, 6.07) is 5.31. The highest BCUT2D eigenvalue weighted by atomic mass is 35.5. The van der Waals surface area contributed by atoms with E-state index in [1.165, 1.54) is 11.3 Å². The summed E-state index contributed by atoms with van der Waals surface area (Å²) in [6.07, 6.45) is -0.141. The third kappa shape index (κ3) is 3.84. The number of carboxylic acid groups (broad SMARTS) is 1. The van der Waals surface area contributed by atoms with Gasteiger partial charge in [-0.1, -0.05) is 17.7 Å². The van der Waals surface area contributed by atoms with Gasteiger partial charge >= 0.3 is 5.97 Å². The lowest BCUT2D eigenvalue weighted by molar-refractivity contribution is -0.136. The molecule has 0 aliphatic rings. The van der Waals surface area contributed by atoms with Crippen LogP contribution in [0.4, 0.5) is 5.69 Å². The van der Waals surface area contributed by atoms with E-state index < -0.39 is 11.9 Å². The van der Waals surface area contributed by atoms with Crippen LogP contribution < -0.4 is 5.32 Å². The minimum Gasteiger partial charge on any atom is -0.481 e. The minimum absolute atomic E-state index is 0.141. The van der Waals surface area contributed by atoms with Crippen LogP contribution in [0.3, 0.4) is 0 Å². The molecule has 1 aromatic heterocycles. The topological polar surface area (TPSA) is 79.3 Å². The summed E-state index contributed by atoms with van der Waals surface area (Å²) in [4.78, 5) is 27.2. The fraction of sp³-hybridized carbons (Fsp3) is 0.267. The molecule has 1 atom stereocenters. The number of nitrogens with zero attached hydrogens (tertiary/aromatic N) is 1. The van der Waals surface area contributed by atoms with Gasteiger partial charge in [-0.3, -0.25) is 9.59 Å². The van der Waals surface area contributed by atoms with Crippen LogP contribution in [0, 0.1) is 6.92 Å². The van der Waals surface area contributed by atoms with E-state index in [9.17, 15) is 9.59 Å². The van der Waals surface area contributed by atoms with Crippen LogP contribution >= 0.6 is 22.9 Å². The van der Waals surface area contributed by atoms with Gasteiger partial charge in [-0.2, -0.15) is 0 Å². The average molecular weight is 339 g/mol. The smallest absolute Gasteiger partial charge is 0.309 e. The SMILES string of the molecule is Cc1c(Cl)cccc1NC(=O)C(C)c1nc(CC(=O)O)cs1. The molecule has 0 aliphatic heterocycles. The zero-order chi connectivity index (χ0) is 16.3. The second-order valence-corrected chi connectivity index (χ2v) is 6.17. The van der Waals surface area contributed by atoms with Crippen molar-refractivity contribution in [1.82, 2.24) is 4.98 Å². The number of nitrogens with one attached hydrogen (secondary N) is 1. The maximum absolute atomic E-state index is 12.3. The van der Waals surface area contributed by atoms with Crippen molar-refractivity contribution in [2.24, 2.45) is 0 Å². The molecule has 116 valence electrons. The average Bonchev–Trinajstić information content (AvgIpc) is 2.90. The Bertz CT molecular complexity index is 715. The molecule has 7 heteroatoms. The molecule has 0 saturated heterocycles. The molecule has 2 aromatic rings. The summed E-state index contributed by atoms with van der Waals surface area (Å²) < 4.78 is 0. The molecule has 0 saturated carbocycles. The lowest BCUT2D eigenvalue weighted by atomic mass is 10.1. The fourth-order valence-corrected chi connectivity index (χ4v) is 2.90. The summed E-state index contributed by atoms with van der Waals surface area (Å²) >= 11 is 7.31. The van der Waals surface area contributed by atoms with Crippen molar-refractivity contribution in [2.45, 2.75) is 26.2 Å². The largest absolute Gasteiger partial charge is 0.481 e. The Kier molecular flexibility index (Phi) is 5.15. The maximum Gasteiger partial charge on any atom is 0.309 e. The molecule has 2 N–H and O–H groups in total. The lowest BCUT2D eigenvalue weighted by Crippen LogP contribution is -2.19. The molecular weight excluding hydrogens is 324 g/mol. The monoisotopic (exact) mass is 338 g/mol. The van der Waals surface area contributed by atoms with Crippen molar-refractivity contribution in [3.8, 4) is 0 Å². The van der Waals surface area contributed by atoms with E-state index in [0.717, 1.165) is 5.56 Å². The highest BCUT2D eigenvalue weighted by Gasteiger charge is 2.20. The molecule has 0 spiro atoms. The van der Waals surface area contributed by atoms with Crippen LogP contribution in [0.1, 0.15) is 29.1 Å². The Hall–Kier alpha value is -1.92. The second kappa shape index (κ2) is 6.89. The standard InChI is InChI=1S/C15H15ClN2O3S/c1-8-11(16)4-3-5-12(8)18-14(21)9(2)15-17-10(7-22-15)6-13(19)20/h3-5,7,9H,6H2,1-2H3,(H,18,21)(H,19,20). The highest BCUT2D eigenvalue weighted by molar-refractivity contribution is 7.09. The second-order valence-electron chi connectivity index (χ2n) is 4.87. The summed E-state index contributed by atoms with van der Waals surface area (Å²) in [7, 11) is 0. The van der Waals surface area contributed by atoms with Gasteiger partial charge in [0.1, 0.15) is 5.01 Å². The van der Waals surface area contributed by atoms with E-state index in [4.69, 9.17) is 16.7 Å². The first kappa shape index (κ1) is 16.5. The van der Waals surface area contributed by atoms with Crippen molar-refractivity contribution in [3.05, 3.63) is 44.9 Å². The molecule has 0 aliphatic carbocycles. The van der Waals surface area contributed by atoms with E-state index in [2.05, 4.69) is 10.3 Å². The van der Waals surface area contributed by atoms with Crippen LogP contribution in [0.25, 0.3) is 0 Å².